The van der Waals surface area contributed by atoms with Crippen molar-refractivity contribution >= 4 is 0 Å². The zero-order valence-corrected chi connectivity index (χ0v) is 15.3. The van der Waals surface area contributed by atoms with Crippen molar-refractivity contribution in [2.24, 2.45) is 0 Å². The third kappa shape index (κ3) is 4.50. The fourth-order valence-corrected chi connectivity index (χ4v) is 2.93. The Morgan fingerprint density at radius 1 is 1.00 bits per heavy atom. The maximum absolute atomic E-state index is 5.66. The van der Waals surface area contributed by atoms with Gasteiger partial charge in [0, 0.05) is 11.9 Å². The Morgan fingerprint density at radius 2 is 1.76 bits per heavy atom. The van der Waals surface area contributed by atoms with E-state index in [1.807, 2.05) is 13.0 Å². The molecular weight excluding hydrogens is 308 g/mol. The van der Waals surface area contributed by atoms with Crippen molar-refractivity contribution in [1.82, 2.24) is 10.2 Å². The summed E-state index contributed by atoms with van der Waals surface area (Å²) >= 11 is 0. The lowest BCUT2D eigenvalue weighted by Crippen LogP contribution is -2.07. The molecule has 0 radical (unpaired) electrons. The van der Waals surface area contributed by atoms with E-state index < -0.39 is 0 Å². The lowest BCUT2D eigenvalue weighted by Gasteiger charge is -2.18. The van der Waals surface area contributed by atoms with E-state index in [2.05, 4.69) is 66.5 Å². The number of hydrogen-bond donors (Lipinski definition) is 1. The van der Waals surface area contributed by atoms with Gasteiger partial charge in [-0.2, -0.15) is 5.10 Å². The van der Waals surface area contributed by atoms with E-state index in [9.17, 15) is 0 Å². The second-order valence-electron chi connectivity index (χ2n) is 6.79. The van der Waals surface area contributed by atoms with Crippen LogP contribution in [-0.2, 0) is 6.42 Å². The van der Waals surface area contributed by atoms with Crippen LogP contribution in [0.5, 0.6) is 5.75 Å². The Bertz CT molecular complexity index is 789. The number of aromatic nitrogens is 2. The molecule has 1 aliphatic rings. The highest BCUT2D eigenvalue weighted by Gasteiger charge is 2.11. The van der Waals surface area contributed by atoms with E-state index >= 15 is 0 Å². The Hall–Kier alpha value is -2.55. The van der Waals surface area contributed by atoms with Crippen LogP contribution < -0.4 is 4.74 Å². The number of aromatic amines is 1. The fraction of sp³-hybridized carbons (Fsp3) is 0.318. The van der Waals surface area contributed by atoms with Crippen LogP contribution in [0.4, 0.5) is 0 Å². The predicted molar refractivity (Wildman–Crippen MR) is 103 cm³/mol. The standard InChI is InChI=1S/C18H20O.C4H6N2/c1-13(2)14-5-7-15(8-6-14)16-9-10-18-17(12-16)4-3-11-19-18;1-4-2-3-5-6-4/h5-10,12-13H,3-4,11H2,1-2H3;2-3H,1H3,(H,5,6). The number of nitrogens with zero attached hydrogens (tertiary/aromatic N) is 1. The quantitative estimate of drug-likeness (QED) is 0.670. The molecule has 1 N–H and O–H groups in total. The van der Waals surface area contributed by atoms with Gasteiger partial charge in [0.15, 0.2) is 0 Å². The summed E-state index contributed by atoms with van der Waals surface area (Å²) < 4.78 is 5.66. The van der Waals surface area contributed by atoms with E-state index in [4.69, 9.17) is 4.74 Å². The monoisotopic (exact) mass is 334 g/mol. The summed E-state index contributed by atoms with van der Waals surface area (Å²) in [6.45, 7) is 7.28. The number of aryl methyl sites for hydroxylation is 2. The van der Waals surface area contributed by atoms with Crippen molar-refractivity contribution in [3.05, 3.63) is 71.5 Å². The molecule has 0 spiro atoms. The molecule has 3 heteroatoms. The molecule has 0 fully saturated rings. The molecule has 130 valence electrons. The average molecular weight is 334 g/mol. The van der Waals surface area contributed by atoms with Gasteiger partial charge < -0.3 is 4.74 Å². The molecule has 0 saturated carbocycles. The normalized spacial score (nSPS) is 12.8. The molecule has 3 aromatic rings. The largest absolute Gasteiger partial charge is 0.493 e. The smallest absolute Gasteiger partial charge is 0.122 e. The molecular formula is C22H26N2O. The third-order valence-corrected chi connectivity index (χ3v) is 4.46. The minimum absolute atomic E-state index is 0.589. The van der Waals surface area contributed by atoms with Gasteiger partial charge in [0.05, 0.1) is 6.61 Å². The van der Waals surface area contributed by atoms with Crippen molar-refractivity contribution in [2.75, 3.05) is 6.61 Å². The summed E-state index contributed by atoms with van der Waals surface area (Å²) in [4.78, 5) is 0. The zero-order valence-electron chi connectivity index (χ0n) is 15.3. The van der Waals surface area contributed by atoms with Gasteiger partial charge in [0.25, 0.3) is 0 Å². The number of rotatable bonds is 2. The van der Waals surface area contributed by atoms with Crippen molar-refractivity contribution < 1.29 is 4.74 Å². The van der Waals surface area contributed by atoms with E-state index in [-0.39, 0.29) is 0 Å². The second-order valence-corrected chi connectivity index (χ2v) is 6.79. The highest BCUT2D eigenvalue weighted by molar-refractivity contribution is 5.66. The summed E-state index contributed by atoms with van der Waals surface area (Å²) in [5.74, 6) is 1.65. The number of H-pyrrole nitrogens is 1. The van der Waals surface area contributed by atoms with Crippen LogP contribution >= 0.6 is 0 Å². The molecule has 0 atom stereocenters. The first-order valence-corrected chi connectivity index (χ1v) is 8.95. The molecule has 0 amide bonds. The van der Waals surface area contributed by atoms with Crippen LogP contribution in [0.3, 0.4) is 0 Å². The molecule has 4 rings (SSSR count). The van der Waals surface area contributed by atoms with E-state index in [0.717, 1.165) is 30.9 Å². The maximum atomic E-state index is 5.66. The lowest BCUT2D eigenvalue weighted by molar-refractivity contribution is 0.288. The van der Waals surface area contributed by atoms with Gasteiger partial charge >= 0.3 is 0 Å². The molecule has 3 nitrogen and oxygen atoms in total. The van der Waals surface area contributed by atoms with Gasteiger partial charge in [-0.1, -0.05) is 44.2 Å². The highest BCUT2D eigenvalue weighted by atomic mass is 16.5. The minimum atomic E-state index is 0.589. The van der Waals surface area contributed by atoms with Crippen LogP contribution in [0.25, 0.3) is 11.1 Å². The first-order valence-electron chi connectivity index (χ1n) is 8.95. The van der Waals surface area contributed by atoms with Crippen LogP contribution in [0.15, 0.2) is 54.7 Å². The molecule has 0 unspecified atom stereocenters. The van der Waals surface area contributed by atoms with Crippen LogP contribution in [-0.4, -0.2) is 16.8 Å². The number of benzene rings is 2. The van der Waals surface area contributed by atoms with E-state index in [0.29, 0.717) is 5.92 Å². The average Bonchev–Trinajstić information content (AvgIpc) is 3.13. The first kappa shape index (κ1) is 17.3. The van der Waals surface area contributed by atoms with Gasteiger partial charge in [-0.3, -0.25) is 5.10 Å². The Kier molecular flexibility index (Phi) is 5.54. The molecule has 1 aromatic heterocycles. The molecule has 0 bridgehead atoms. The highest BCUT2D eigenvalue weighted by Crippen LogP contribution is 2.30. The molecule has 0 saturated heterocycles. The Morgan fingerprint density at radius 3 is 2.36 bits per heavy atom. The van der Waals surface area contributed by atoms with Gasteiger partial charge in [-0.15, -0.1) is 0 Å². The van der Waals surface area contributed by atoms with Crippen LogP contribution in [0, 0.1) is 6.92 Å². The van der Waals surface area contributed by atoms with Crippen molar-refractivity contribution in [2.45, 2.75) is 39.5 Å². The van der Waals surface area contributed by atoms with Crippen LogP contribution in [0.2, 0.25) is 0 Å². The van der Waals surface area contributed by atoms with E-state index in [1.165, 1.54) is 22.3 Å². The van der Waals surface area contributed by atoms with Crippen molar-refractivity contribution in [3.63, 3.8) is 0 Å². The van der Waals surface area contributed by atoms with Gasteiger partial charge in [0.2, 0.25) is 0 Å². The van der Waals surface area contributed by atoms with Crippen molar-refractivity contribution in [1.29, 1.82) is 0 Å². The number of nitrogens with one attached hydrogen (secondary N) is 1. The topological polar surface area (TPSA) is 37.9 Å². The molecule has 2 heterocycles. The Labute approximate surface area is 150 Å². The summed E-state index contributed by atoms with van der Waals surface area (Å²) in [6, 6.07) is 17.4. The number of fused-ring (bicyclic) bond motifs is 1. The van der Waals surface area contributed by atoms with E-state index in [1.54, 1.807) is 6.20 Å². The summed E-state index contributed by atoms with van der Waals surface area (Å²) in [5, 5.41) is 6.45. The fourth-order valence-electron chi connectivity index (χ4n) is 2.93. The molecule has 2 aromatic carbocycles. The SMILES string of the molecule is CC(C)c1ccc(-c2ccc3c(c2)CCCO3)cc1.Cc1ccn[nH]1. The maximum Gasteiger partial charge on any atom is 0.122 e. The summed E-state index contributed by atoms with van der Waals surface area (Å²) in [7, 11) is 0. The number of hydrogen-bond acceptors (Lipinski definition) is 2. The first-order chi connectivity index (χ1) is 12.1. The predicted octanol–water partition coefficient (Wildman–Crippen LogP) is 5.52. The minimum Gasteiger partial charge on any atom is -0.493 e. The van der Waals surface area contributed by atoms with Crippen molar-refractivity contribution in [3.8, 4) is 16.9 Å². The summed E-state index contributed by atoms with van der Waals surface area (Å²) in [5.41, 5.74) is 6.43. The van der Waals surface area contributed by atoms with Crippen LogP contribution in [0.1, 0.15) is 43.0 Å². The molecule has 0 aliphatic carbocycles. The lowest BCUT2D eigenvalue weighted by atomic mass is 9.96. The Balaban J connectivity index is 0.000000258. The van der Waals surface area contributed by atoms with Gasteiger partial charge in [0.1, 0.15) is 5.75 Å². The molecule has 25 heavy (non-hydrogen) atoms. The van der Waals surface area contributed by atoms with Gasteiger partial charge in [-0.05, 0) is 66.1 Å². The zero-order chi connectivity index (χ0) is 17.6. The number of ether oxygens (including phenoxy) is 1. The van der Waals surface area contributed by atoms with Gasteiger partial charge in [-0.25, -0.2) is 0 Å². The third-order valence-electron chi connectivity index (χ3n) is 4.46. The second kappa shape index (κ2) is 8.02. The summed E-state index contributed by atoms with van der Waals surface area (Å²) in [6.07, 6.45) is 3.99. The molecule has 1 aliphatic heterocycles.